The number of benzene rings is 1. The van der Waals surface area contributed by atoms with Crippen LogP contribution in [0.1, 0.15) is 29.6 Å². The molecule has 1 aromatic carbocycles. The van der Waals surface area contributed by atoms with Crippen LogP contribution >= 0.6 is 11.6 Å². The van der Waals surface area contributed by atoms with Gasteiger partial charge in [0.2, 0.25) is 0 Å². The van der Waals surface area contributed by atoms with Gasteiger partial charge in [-0.2, -0.15) is 0 Å². The Balaban J connectivity index is 1.72. The maximum Gasteiger partial charge on any atom is 0.252 e. The quantitative estimate of drug-likeness (QED) is 0.621. The van der Waals surface area contributed by atoms with E-state index in [1.165, 1.54) is 12.8 Å². The predicted molar refractivity (Wildman–Crippen MR) is 71.9 cm³/mol. The van der Waals surface area contributed by atoms with E-state index >= 15 is 0 Å². The van der Waals surface area contributed by atoms with Crippen molar-refractivity contribution in [2.45, 2.75) is 19.3 Å². The average Bonchev–Trinajstić information content (AvgIpc) is 3.21. The minimum Gasteiger partial charge on any atom is -0.381 e. The Morgan fingerprint density at radius 1 is 1.35 bits per heavy atom. The van der Waals surface area contributed by atoms with Crippen molar-refractivity contribution >= 4 is 17.5 Å². The van der Waals surface area contributed by atoms with Crippen molar-refractivity contribution < 1.29 is 18.3 Å². The van der Waals surface area contributed by atoms with Crippen molar-refractivity contribution in [1.82, 2.24) is 5.32 Å². The number of carbonyl (C=O) groups excluding carboxylic acids is 1. The lowest BCUT2D eigenvalue weighted by molar-refractivity contribution is 0.0937. The summed E-state index contributed by atoms with van der Waals surface area (Å²) in [6.45, 7) is 1.75. The van der Waals surface area contributed by atoms with Crippen LogP contribution in [0.5, 0.6) is 0 Å². The van der Waals surface area contributed by atoms with Gasteiger partial charge in [-0.1, -0.05) is 11.6 Å². The van der Waals surface area contributed by atoms with Crippen LogP contribution < -0.4 is 5.32 Å². The first kappa shape index (κ1) is 15.2. The van der Waals surface area contributed by atoms with Crippen LogP contribution in [0.3, 0.4) is 0 Å². The summed E-state index contributed by atoms with van der Waals surface area (Å²) in [6.07, 6.45) is 3.15. The average molecular weight is 304 g/mol. The van der Waals surface area contributed by atoms with Crippen molar-refractivity contribution in [1.29, 1.82) is 0 Å². The molecule has 0 saturated heterocycles. The number of hydrogen-bond donors (Lipinski definition) is 1. The zero-order valence-corrected chi connectivity index (χ0v) is 11.7. The molecule has 1 fully saturated rings. The number of amides is 1. The lowest BCUT2D eigenvalue weighted by atomic mass is 10.2. The molecule has 1 aliphatic carbocycles. The van der Waals surface area contributed by atoms with E-state index in [4.69, 9.17) is 16.3 Å². The molecule has 0 aliphatic heterocycles. The summed E-state index contributed by atoms with van der Waals surface area (Å²) in [7, 11) is 0. The van der Waals surface area contributed by atoms with Gasteiger partial charge in [-0.25, -0.2) is 8.78 Å². The van der Waals surface area contributed by atoms with E-state index in [0.717, 1.165) is 18.7 Å². The molecule has 0 unspecified atom stereocenters. The Bertz CT molecular complexity index is 492. The summed E-state index contributed by atoms with van der Waals surface area (Å²) < 4.78 is 31.3. The molecule has 0 bridgehead atoms. The summed E-state index contributed by atoms with van der Waals surface area (Å²) in [5.41, 5.74) is -0.0653. The fourth-order valence-corrected chi connectivity index (χ4v) is 1.94. The first-order chi connectivity index (χ1) is 9.58. The van der Waals surface area contributed by atoms with E-state index in [1.807, 2.05) is 0 Å². The summed E-state index contributed by atoms with van der Waals surface area (Å²) in [6, 6.07) is 1.60. The molecule has 0 spiro atoms. The Morgan fingerprint density at radius 3 is 2.75 bits per heavy atom. The van der Waals surface area contributed by atoms with Crippen molar-refractivity contribution in [2.24, 2.45) is 5.92 Å². The van der Waals surface area contributed by atoms with Gasteiger partial charge in [0.05, 0.1) is 10.6 Å². The first-order valence-corrected chi connectivity index (χ1v) is 6.96. The summed E-state index contributed by atoms with van der Waals surface area (Å²) >= 11 is 5.71. The highest BCUT2D eigenvalue weighted by Crippen LogP contribution is 2.28. The maximum atomic E-state index is 13.1. The molecule has 1 N–H and O–H groups in total. The summed E-state index contributed by atoms with van der Waals surface area (Å²) in [5.74, 6) is -1.96. The zero-order valence-electron chi connectivity index (χ0n) is 10.9. The Morgan fingerprint density at radius 2 is 2.05 bits per heavy atom. The van der Waals surface area contributed by atoms with Crippen LogP contribution in [0.4, 0.5) is 8.78 Å². The lowest BCUT2D eigenvalue weighted by Crippen LogP contribution is -2.25. The Kier molecular flexibility index (Phi) is 5.31. The molecule has 6 heteroatoms. The van der Waals surface area contributed by atoms with Crippen LogP contribution in [0, 0.1) is 17.6 Å². The first-order valence-electron chi connectivity index (χ1n) is 6.58. The molecular formula is C14H16ClF2NO2. The highest BCUT2D eigenvalue weighted by molar-refractivity contribution is 6.33. The molecule has 110 valence electrons. The third kappa shape index (κ3) is 4.42. The molecule has 2 rings (SSSR count). The van der Waals surface area contributed by atoms with E-state index in [-0.39, 0.29) is 10.6 Å². The monoisotopic (exact) mass is 303 g/mol. The largest absolute Gasteiger partial charge is 0.381 e. The topological polar surface area (TPSA) is 38.3 Å². The van der Waals surface area contributed by atoms with Gasteiger partial charge in [-0.3, -0.25) is 4.79 Å². The summed E-state index contributed by atoms with van der Waals surface area (Å²) in [4.78, 5) is 11.8. The van der Waals surface area contributed by atoms with E-state index in [0.29, 0.717) is 25.5 Å². The molecule has 0 aromatic heterocycles. The van der Waals surface area contributed by atoms with Gasteiger partial charge in [-0.05, 0) is 37.3 Å². The Labute approximate surface area is 121 Å². The minimum absolute atomic E-state index is 0.0653. The second kappa shape index (κ2) is 6.99. The van der Waals surface area contributed by atoms with Gasteiger partial charge < -0.3 is 10.1 Å². The van der Waals surface area contributed by atoms with Crippen molar-refractivity contribution in [3.05, 3.63) is 34.4 Å². The van der Waals surface area contributed by atoms with E-state index < -0.39 is 17.5 Å². The minimum atomic E-state index is -1.09. The van der Waals surface area contributed by atoms with Gasteiger partial charge in [0.1, 0.15) is 0 Å². The fraction of sp³-hybridized carbons (Fsp3) is 0.500. The number of hydrogen-bond acceptors (Lipinski definition) is 2. The van der Waals surface area contributed by atoms with Crippen molar-refractivity contribution in [3.8, 4) is 0 Å². The standard InChI is InChI=1S/C14H16ClF2NO2/c15-11-7-13(17)12(16)6-10(11)14(19)18-4-1-5-20-8-9-2-3-9/h6-7,9H,1-5,8H2,(H,18,19). The third-order valence-corrected chi connectivity index (χ3v) is 3.37. The van der Waals surface area contributed by atoms with Crippen molar-refractivity contribution in [3.63, 3.8) is 0 Å². The predicted octanol–water partition coefficient (Wildman–Crippen LogP) is 3.16. The molecule has 20 heavy (non-hydrogen) atoms. The molecule has 1 saturated carbocycles. The summed E-state index contributed by atoms with van der Waals surface area (Å²) in [5, 5.41) is 2.49. The Hall–Kier alpha value is -1.20. The van der Waals surface area contributed by atoms with E-state index in [1.54, 1.807) is 0 Å². The van der Waals surface area contributed by atoms with Crippen LogP contribution in [0.2, 0.25) is 5.02 Å². The normalized spacial score (nSPS) is 14.3. The van der Waals surface area contributed by atoms with Crippen molar-refractivity contribution in [2.75, 3.05) is 19.8 Å². The van der Waals surface area contributed by atoms with E-state index in [2.05, 4.69) is 5.32 Å². The molecule has 0 heterocycles. The molecular weight excluding hydrogens is 288 g/mol. The molecule has 3 nitrogen and oxygen atoms in total. The van der Waals surface area contributed by atoms with Crippen LogP contribution in [-0.4, -0.2) is 25.7 Å². The second-order valence-corrected chi connectivity index (χ2v) is 5.28. The van der Waals surface area contributed by atoms with E-state index in [9.17, 15) is 13.6 Å². The molecule has 1 amide bonds. The molecule has 1 aliphatic rings. The maximum absolute atomic E-state index is 13.1. The third-order valence-electron chi connectivity index (χ3n) is 3.06. The van der Waals surface area contributed by atoms with Crippen LogP contribution in [-0.2, 0) is 4.74 Å². The number of halogens is 3. The second-order valence-electron chi connectivity index (χ2n) is 4.87. The number of nitrogens with one attached hydrogen (secondary N) is 1. The van der Waals surface area contributed by atoms with Gasteiger partial charge in [0, 0.05) is 19.8 Å². The zero-order chi connectivity index (χ0) is 14.5. The van der Waals surface area contributed by atoms with Gasteiger partial charge in [-0.15, -0.1) is 0 Å². The lowest BCUT2D eigenvalue weighted by Gasteiger charge is -2.07. The number of rotatable bonds is 7. The molecule has 1 aromatic rings. The van der Waals surface area contributed by atoms with Gasteiger partial charge >= 0.3 is 0 Å². The molecule has 0 radical (unpaired) electrons. The number of carbonyl (C=O) groups is 1. The molecule has 0 atom stereocenters. The van der Waals surface area contributed by atoms with Crippen LogP contribution in [0.25, 0.3) is 0 Å². The van der Waals surface area contributed by atoms with Crippen LogP contribution in [0.15, 0.2) is 12.1 Å². The van der Waals surface area contributed by atoms with Gasteiger partial charge in [0.25, 0.3) is 5.91 Å². The smallest absolute Gasteiger partial charge is 0.252 e. The highest BCUT2D eigenvalue weighted by atomic mass is 35.5. The fourth-order valence-electron chi connectivity index (χ4n) is 1.70. The highest BCUT2D eigenvalue weighted by Gasteiger charge is 2.20. The SMILES string of the molecule is O=C(NCCCOCC1CC1)c1cc(F)c(F)cc1Cl. The number of ether oxygens (including phenoxy) is 1. The van der Waals surface area contributed by atoms with Gasteiger partial charge in [0.15, 0.2) is 11.6 Å².